The molecule has 0 aliphatic heterocycles. The van der Waals surface area contributed by atoms with Crippen LogP contribution < -0.4 is 22.0 Å². The van der Waals surface area contributed by atoms with E-state index in [1.165, 1.54) is 0 Å². The molecule has 0 aromatic carbocycles. The zero-order chi connectivity index (χ0) is 17.6. The van der Waals surface area contributed by atoms with Gasteiger partial charge in [-0.3, -0.25) is 20.6 Å². The number of hydrogen-bond acceptors (Lipinski definition) is 14. The van der Waals surface area contributed by atoms with E-state index in [0.717, 1.165) is 0 Å². The molecule has 0 atom stereocenters. The van der Waals surface area contributed by atoms with Crippen molar-refractivity contribution in [1.29, 1.82) is 0 Å². The van der Waals surface area contributed by atoms with Crippen LogP contribution >= 0.6 is 0 Å². The highest BCUT2D eigenvalue weighted by atomic mass is 16.4. The summed E-state index contributed by atoms with van der Waals surface area (Å²) < 4.78 is 0. The number of aromatic amines is 2. The largest absolute Gasteiger partial charge is 0.327 e. The van der Waals surface area contributed by atoms with E-state index in [0.29, 0.717) is 11.6 Å². The van der Waals surface area contributed by atoms with Crippen LogP contribution in [-0.4, -0.2) is 82.7 Å². The van der Waals surface area contributed by atoms with Crippen LogP contribution in [0.5, 0.6) is 0 Å². The fourth-order valence-electron chi connectivity index (χ4n) is 0.981. The van der Waals surface area contributed by atoms with Crippen LogP contribution in [-0.2, 0) is 0 Å². The van der Waals surface area contributed by atoms with E-state index in [9.17, 15) is 0 Å². The summed E-state index contributed by atoms with van der Waals surface area (Å²) in [5.41, 5.74) is 0. The summed E-state index contributed by atoms with van der Waals surface area (Å²) in [6, 6.07) is 0. The second-order valence-corrected chi connectivity index (χ2v) is 2.88. The number of tetrazole rings is 4. The maximum atomic E-state index is 6.75. The molecule has 0 aliphatic carbocycles. The number of nitrogens with one attached hydrogen (secondary N) is 2. The zero-order valence-corrected chi connectivity index (χ0v) is 11.6. The van der Waals surface area contributed by atoms with Crippen LogP contribution in [0.2, 0.25) is 0 Å². The normalized spacial score (nSPS) is 8.83. The average molecular weight is 342 g/mol. The smallest absolute Gasteiger partial charge is 0.211 e. The van der Waals surface area contributed by atoms with Crippen molar-refractivity contribution in [3.8, 4) is 23.3 Å². The zero-order valence-electron chi connectivity index (χ0n) is 11.6. The van der Waals surface area contributed by atoms with Crippen molar-refractivity contribution >= 4 is 0 Å². The molecular weight excluding hydrogens is 332 g/mol. The van der Waals surface area contributed by atoms with Gasteiger partial charge in [-0.05, 0) is 10.4 Å². The molecule has 4 rings (SSSR count). The van der Waals surface area contributed by atoms with Crippen molar-refractivity contribution in [2.45, 2.75) is 0 Å². The van der Waals surface area contributed by atoms with E-state index < -0.39 is 0 Å². The Hall–Kier alpha value is -3.88. The SMILES string of the molecule is [NH3+]O.[NH3+]O.n1n[n-]c(-c2nn[nH]n2)n1.n1n[n-]c(-c2nn[nH]n2)n1. The minimum Gasteiger partial charge on any atom is -0.327 e. The highest BCUT2D eigenvalue weighted by Gasteiger charge is 1.97. The van der Waals surface area contributed by atoms with Gasteiger partial charge in [0.05, 0.1) is 11.6 Å². The molecule has 0 saturated heterocycles. The third-order valence-corrected chi connectivity index (χ3v) is 1.73. The maximum Gasteiger partial charge on any atom is 0.211 e. The lowest BCUT2D eigenvalue weighted by molar-refractivity contribution is -0.670. The van der Waals surface area contributed by atoms with Crippen molar-refractivity contribution in [2.24, 2.45) is 0 Å². The third-order valence-electron chi connectivity index (χ3n) is 1.73. The first-order valence-electron chi connectivity index (χ1n) is 5.42. The van der Waals surface area contributed by atoms with Gasteiger partial charge in [-0.2, -0.15) is 20.9 Å². The Morgan fingerprint density at radius 1 is 0.667 bits per heavy atom. The fourth-order valence-corrected chi connectivity index (χ4v) is 0.981. The monoisotopic (exact) mass is 342 g/mol. The van der Waals surface area contributed by atoms with Crippen molar-refractivity contribution < 1.29 is 22.2 Å². The van der Waals surface area contributed by atoms with E-state index in [2.05, 4.69) is 94.3 Å². The Morgan fingerprint density at radius 3 is 1.33 bits per heavy atom. The predicted octanol–water partition coefficient (Wildman–Crippen LogP) is -6.75. The number of aromatic nitrogens is 16. The van der Waals surface area contributed by atoms with Gasteiger partial charge in [0, 0.05) is 0 Å². The molecule has 20 heteroatoms. The molecule has 0 amide bonds. The minimum atomic E-state index is 0.272. The first-order valence-corrected chi connectivity index (χ1v) is 5.42. The first kappa shape index (κ1) is 18.2. The highest BCUT2D eigenvalue weighted by molar-refractivity contribution is 5.37. The quantitative estimate of drug-likeness (QED) is 0.184. The summed E-state index contributed by atoms with van der Waals surface area (Å²) in [5, 5.41) is 66.0. The molecule has 0 bridgehead atoms. The molecule has 20 nitrogen and oxygen atoms in total. The van der Waals surface area contributed by atoms with Gasteiger partial charge in [0.2, 0.25) is 11.6 Å². The Balaban J connectivity index is 0.000000199. The Morgan fingerprint density at radius 2 is 1.08 bits per heavy atom. The lowest BCUT2D eigenvalue weighted by atomic mass is 10.6. The number of quaternary nitrogens is 2. The van der Waals surface area contributed by atoms with E-state index in [-0.39, 0.29) is 11.6 Å². The second kappa shape index (κ2) is 10.8. The Kier molecular flexibility index (Phi) is 8.17. The van der Waals surface area contributed by atoms with Crippen LogP contribution in [0.3, 0.4) is 0 Å². The van der Waals surface area contributed by atoms with Crippen molar-refractivity contribution in [3.05, 3.63) is 0 Å². The van der Waals surface area contributed by atoms with Crippen LogP contribution in [0, 0.1) is 0 Å². The summed E-state index contributed by atoms with van der Waals surface area (Å²) >= 11 is 0. The predicted molar refractivity (Wildman–Crippen MR) is 62.0 cm³/mol. The van der Waals surface area contributed by atoms with Gasteiger partial charge < -0.3 is 10.2 Å². The molecular formula is C4H10N18O2. The third kappa shape index (κ3) is 5.15. The maximum absolute atomic E-state index is 6.75. The molecule has 10 N–H and O–H groups in total. The number of H-pyrrole nitrogens is 2. The van der Waals surface area contributed by atoms with Crippen molar-refractivity contribution in [1.82, 2.24) is 82.5 Å². The second-order valence-electron chi connectivity index (χ2n) is 2.88. The van der Waals surface area contributed by atoms with Gasteiger partial charge in [0.25, 0.3) is 0 Å². The molecule has 0 fully saturated rings. The number of nitrogens with zero attached hydrogens (tertiary/aromatic N) is 14. The molecule has 0 aliphatic rings. The van der Waals surface area contributed by atoms with E-state index in [1.807, 2.05) is 0 Å². The first-order chi connectivity index (χ1) is 11.9. The minimum absolute atomic E-state index is 0.272. The Bertz CT molecular complexity index is 568. The molecule has 0 unspecified atom stereocenters. The Labute approximate surface area is 129 Å². The van der Waals surface area contributed by atoms with Crippen LogP contribution in [0.25, 0.3) is 23.3 Å². The molecule has 0 radical (unpaired) electrons. The van der Waals surface area contributed by atoms with Crippen LogP contribution in [0.4, 0.5) is 0 Å². The van der Waals surface area contributed by atoms with Crippen LogP contribution in [0.15, 0.2) is 0 Å². The van der Waals surface area contributed by atoms with Crippen molar-refractivity contribution in [3.63, 3.8) is 0 Å². The summed E-state index contributed by atoms with van der Waals surface area (Å²) in [6.07, 6.45) is 0. The molecule has 24 heavy (non-hydrogen) atoms. The van der Waals surface area contributed by atoms with E-state index in [1.54, 1.807) is 0 Å². The molecule has 4 heterocycles. The topological polar surface area (TPSA) is 310 Å². The van der Waals surface area contributed by atoms with Gasteiger partial charge in [-0.15, -0.1) is 20.4 Å². The van der Waals surface area contributed by atoms with E-state index in [4.69, 9.17) is 10.4 Å². The molecule has 128 valence electrons. The highest BCUT2D eigenvalue weighted by Crippen LogP contribution is 1.99. The molecule has 0 saturated carbocycles. The summed E-state index contributed by atoms with van der Waals surface area (Å²) in [7, 11) is 0. The lowest BCUT2D eigenvalue weighted by Crippen LogP contribution is -2.42. The van der Waals surface area contributed by atoms with Gasteiger partial charge in [-0.1, -0.05) is 0 Å². The van der Waals surface area contributed by atoms with Gasteiger partial charge in [0.15, 0.2) is 0 Å². The number of hydrogen-bond donors (Lipinski definition) is 6. The standard InChI is InChI=1S/2C2HN8.2H4NO/c2*3-1(4-8-7-3)2-5-9-10-6-2;2*1-2/h2*(H-,3,4,5,6,7,8,9,10);2*2H,1H3/q2*-1;2*+1. The summed E-state index contributed by atoms with van der Waals surface area (Å²) in [4.78, 5) is 0. The lowest BCUT2D eigenvalue weighted by Gasteiger charge is -1.84. The summed E-state index contributed by atoms with van der Waals surface area (Å²) in [6.45, 7) is 0. The van der Waals surface area contributed by atoms with Gasteiger partial charge >= 0.3 is 0 Å². The molecule has 0 spiro atoms. The molecule has 4 aromatic heterocycles. The summed E-state index contributed by atoms with van der Waals surface area (Å²) in [5.74, 6) is 5.64. The number of rotatable bonds is 2. The fraction of sp³-hybridized carbons (Fsp3) is 0. The van der Waals surface area contributed by atoms with Gasteiger partial charge in [0.1, 0.15) is 0 Å². The van der Waals surface area contributed by atoms with Crippen LogP contribution in [0.1, 0.15) is 0 Å². The van der Waals surface area contributed by atoms with Gasteiger partial charge in [-0.25, -0.2) is 22.2 Å². The average Bonchev–Trinajstić information content (AvgIpc) is 3.48. The van der Waals surface area contributed by atoms with E-state index >= 15 is 0 Å². The van der Waals surface area contributed by atoms with Crippen molar-refractivity contribution in [2.75, 3.05) is 0 Å². The molecule has 4 aromatic rings.